The molecule has 0 saturated carbocycles. The average molecular weight is 617 g/mol. The van der Waals surface area contributed by atoms with Gasteiger partial charge in [0.25, 0.3) is 0 Å². The van der Waals surface area contributed by atoms with E-state index in [-0.39, 0.29) is 25.2 Å². The summed E-state index contributed by atoms with van der Waals surface area (Å²) < 4.78 is 8.30. The van der Waals surface area contributed by atoms with Crippen molar-refractivity contribution in [2.45, 2.75) is 39.8 Å². The zero-order valence-corrected chi connectivity index (χ0v) is 25.9. The molecule has 226 valence electrons. The van der Waals surface area contributed by atoms with Crippen molar-refractivity contribution in [3.63, 3.8) is 0 Å². The molecule has 0 saturated heterocycles. The van der Waals surface area contributed by atoms with Gasteiger partial charge in [-0.3, -0.25) is 9.59 Å². The van der Waals surface area contributed by atoms with Crippen LogP contribution in [-0.2, 0) is 30.8 Å². The summed E-state index contributed by atoms with van der Waals surface area (Å²) in [6.07, 6.45) is 0.352. The summed E-state index contributed by atoms with van der Waals surface area (Å²) in [6.45, 7) is 4.08. The van der Waals surface area contributed by atoms with Crippen molar-refractivity contribution in [1.29, 1.82) is 0 Å². The number of aliphatic carboxylic acids is 1. The number of fused-ring (bicyclic) bond motifs is 2. The molecular weight excluding hydrogens is 584 g/mol. The van der Waals surface area contributed by atoms with Crippen LogP contribution in [0.2, 0.25) is 5.02 Å². The highest BCUT2D eigenvalue weighted by Gasteiger charge is 2.33. The molecule has 0 bridgehead atoms. The summed E-state index contributed by atoms with van der Waals surface area (Å²) in [6, 6.07) is 34.8. The first kappa shape index (κ1) is 30.1. The van der Waals surface area contributed by atoms with Gasteiger partial charge in [-0.05, 0) is 67.4 Å². The van der Waals surface area contributed by atoms with Crippen LogP contribution in [0.3, 0.4) is 0 Å². The Labute approximate surface area is 266 Å². The number of para-hydroxylation sites is 1. The van der Waals surface area contributed by atoms with E-state index >= 15 is 0 Å². The third-order valence-electron chi connectivity index (χ3n) is 8.11. The Kier molecular flexibility index (Phi) is 8.42. The van der Waals surface area contributed by atoms with Crippen LogP contribution in [0, 0.1) is 5.41 Å². The maximum absolute atomic E-state index is 14.2. The second-order valence-electron chi connectivity index (χ2n) is 11.9. The number of ether oxygens (including phenoxy) is 1. The minimum Gasteiger partial charge on any atom is -0.487 e. The molecule has 1 N–H and O–H groups in total. The molecule has 2 aromatic heterocycles. The fraction of sp³-hybridized carbons (Fsp3) is 0.184. The number of carbonyl (C=O) groups is 2. The summed E-state index contributed by atoms with van der Waals surface area (Å²) in [5.74, 6) is -0.413. The number of carboxylic acid groups (broad SMARTS) is 1. The number of halogens is 1. The van der Waals surface area contributed by atoms with E-state index < -0.39 is 11.4 Å². The number of hydrogen-bond acceptors (Lipinski definition) is 4. The van der Waals surface area contributed by atoms with Crippen LogP contribution in [-0.4, -0.2) is 26.4 Å². The lowest BCUT2D eigenvalue weighted by molar-refractivity contribution is -0.146. The summed E-state index contributed by atoms with van der Waals surface area (Å²) in [5, 5.41) is 12.5. The maximum Gasteiger partial charge on any atom is 0.309 e. The van der Waals surface area contributed by atoms with E-state index in [9.17, 15) is 14.7 Å². The van der Waals surface area contributed by atoms with Gasteiger partial charge in [-0.2, -0.15) is 0 Å². The molecule has 0 fully saturated rings. The van der Waals surface area contributed by atoms with Crippen molar-refractivity contribution in [2.24, 2.45) is 5.41 Å². The monoisotopic (exact) mass is 616 g/mol. The molecule has 0 aliphatic carbocycles. The molecule has 0 unspecified atom stereocenters. The van der Waals surface area contributed by atoms with Gasteiger partial charge in [0.05, 0.1) is 16.6 Å². The van der Waals surface area contributed by atoms with Crippen LogP contribution in [0.1, 0.15) is 46.7 Å². The summed E-state index contributed by atoms with van der Waals surface area (Å²) in [5.41, 5.74) is 4.47. The second kappa shape index (κ2) is 12.6. The number of pyridine rings is 1. The number of carboxylic acids is 1. The number of rotatable bonds is 11. The lowest BCUT2D eigenvalue weighted by Crippen LogP contribution is -2.28. The highest BCUT2D eigenvalue weighted by molar-refractivity contribution is 6.30. The summed E-state index contributed by atoms with van der Waals surface area (Å²) in [7, 11) is 0. The molecule has 6 nitrogen and oxygen atoms in total. The Morgan fingerprint density at radius 3 is 2.36 bits per heavy atom. The lowest BCUT2D eigenvalue weighted by Gasteiger charge is -2.22. The van der Waals surface area contributed by atoms with Gasteiger partial charge in [-0.1, -0.05) is 78.3 Å². The lowest BCUT2D eigenvalue weighted by atomic mass is 9.85. The average Bonchev–Trinajstić information content (AvgIpc) is 3.32. The number of Topliss-reactive ketones (excluding diaryl/α,β-unsaturated/α-hetero) is 1. The number of aromatic nitrogens is 2. The number of hydrogen-bond donors (Lipinski definition) is 1. The first-order valence-electron chi connectivity index (χ1n) is 14.9. The molecule has 6 aromatic rings. The van der Waals surface area contributed by atoms with Gasteiger partial charge in [0, 0.05) is 52.0 Å². The van der Waals surface area contributed by atoms with Crippen molar-refractivity contribution in [3.05, 3.63) is 142 Å². The van der Waals surface area contributed by atoms with Crippen LogP contribution in [0.4, 0.5) is 0 Å². The van der Waals surface area contributed by atoms with E-state index in [2.05, 4.69) is 4.57 Å². The maximum atomic E-state index is 14.2. The third kappa shape index (κ3) is 6.61. The minimum atomic E-state index is -1.12. The number of carbonyl (C=O) groups excluding carboxylic acids is 1. The molecule has 7 heteroatoms. The van der Waals surface area contributed by atoms with Gasteiger partial charge in [0.15, 0.2) is 5.78 Å². The van der Waals surface area contributed by atoms with Crippen LogP contribution in [0.15, 0.2) is 109 Å². The smallest absolute Gasteiger partial charge is 0.309 e. The molecule has 0 spiro atoms. The number of ketones is 1. The van der Waals surface area contributed by atoms with Crippen LogP contribution in [0.5, 0.6) is 5.75 Å². The van der Waals surface area contributed by atoms with Crippen molar-refractivity contribution in [1.82, 2.24) is 9.55 Å². The van der Waals surface area contributed by atoms with Gasteiger partial charge in [-0.15, -0.1) is 0 Å². The van der Waals surface area contributed by atoms with Crippen LogP contribution >= 0.6 is 11.6 Å². The van der Waals surface area contributed by atoms with Crippen molar-refractivity contribution < 1.29 is 19.4 Å². The molecule has 45 heavy (non-hydrogen) atoms. The number of nitrogens with zero attached hydrogens (tertiary/aromatic N) is 2. The molecule has 6 rings (SSSR count). The van der Waals surface area contributed by atoms with Crippen molar-refractivity contribution >= 4 is 45.2 Å². The summed E-state index contributed by atoms with van der Waals surface area (Å²) in [4.78, 5) is 31.3. The molecule has 0 aliphatic rings. The molecule has 0 aliphatic heterocycles. The van der Waals surface area contributed by atoms with Crippen LogP contribution in [0.25, 0.3) is 21.8 Å². The molecule has 2 heterocycles. The fourth-order valence-electron chi connectivity index (χ4n) is 5.63. The second-order valence-corrected chi connectivity index (χ2v) is 12.4. The highest BCUT2D eigenvalue weighted by Crippen LogP contribution is 2.36. The van der Waals surface area contributed by atoms with Gasteiger partial charge >= 0.3 is 5.97 Å². The molecule has 0 atom stereocenters. The Bertz CT molecular complexity index is 2010. The topological polar surface area (TPSA) is 81.4 Å². The standard InChI is InChI=1S/C38H33ClN2O4/c1-38(2,37(43)44)22-34-36(35(42)20-25-8-4-3-5-9-25)31-21-30(45-24-29-17-14-27-10-6-7-11-32(27)40-29)18-19-33(31)41(34)23-26-12-15-28(39)16-13-26/h3-19,21H,20,22-24H2,1-2H3,(H,43,44). The minimum absolute atomic E-state index is 0.0782. The third-order valence-corrected chi connectivity index (χ3v) is 8.37. The van der Waals surface area contributed by atoms with Gasteiger partial charge in [0.1, 0.15) is 12.4 Å². The molecule has 4 aromatic carbocycles. The van der Waals surface area contributed by atoms with Crippen LogP contribution < -0.4 is 4.74 Å². The van der Waals surface area contributed by atoms with E-state index in [1.54, 1.807) is 13.8 Å². The predicted molar refractivity (Wildman–Crippen MR) is 178 cm³/mol. The Hall–Kier alpha value is -4.94. The Morgan fingerprint density at radius 2 is 1.60 bits per heavy atom. The normalized spacial score (nSPS) is 11.6. The SMILES string of the molecule is CC(C)(Cc1c(C(=O)Cc2ccccc2)c2cc(OCc3ccc4ccccc4n3)ccc2n1Cc1ccc(Cl)cc1)C(=O)O. The predicted octanol–water partition coefficient (Wildman–Crippen LogP) is 8.55. The number of benzene rings is 4. The summed E-state index contributed by atoms with van der Waals surface area (Å²) >= 11 is 6.17. The van der Waals surface area contributed by atoms with Crippen molar-refractivity contribution in [2.75, 3.05) is 0 Å². The van der Waals surface area contributed by atoms with Crippen molar-refractivity contribution in [3.8, 4) is 5.75 Å². The van der Waals surface area contributed by atoms with E-state index in [1.807, 2.05) is 109 Å². The molecule has 0 amide bonds. The quantitative estimate of drug-likeness (QED) is 0.148. The van der Waals surface area contributed by atoms with E-state index in [0.717, 1.165) is 38.6 Å². The first-order chi connectivity index (χ1) is 21.7. The van der Waals surface area contributed by atoms with E-state index in [0.29, 0.717) is 28.6 Å². The highest BCUT2D eigenvalue weighted by atomic mass is 35.5. The first-order valence-corrected chi connectivity index (χ1v) is 15.2. The van der Waals surface area contributed by atoms with E-state index in [4.69, 9.17) is 21.3 Å². The van der Waals surface area contributed by atoms with Gasteiger partial charge in [0.2, 0.25) is 0 Å². The van der Waals surface area contributed by atoms with E-state index in [1.165, 1.54) is 0 Å². The Morgan fingerprint density at radius 1 is 0.867 bits per heavy atom. The largest absolute Gasteiger partial charge is 0.487 e. The van der Waals surface area contributed by atoms with Gasteiger partial charge in [-0.25, -0.2) is 4.98 Å². The Balaban J connectivity index is 1.45. The molecule has 0 radical (unpaired) electrons. The molecular formula is C38H33ClN2O4. The zero-order chi connectivity index (χ0) is 31.6. The zero-order valence-electron chi connectivity index (χ0n) is 25.2. The van der Waals surface area contributed by atoms with Gasteiger partial charge < -0.3 is 14.4 Å². The fourth-order valence-corrected chi connectivity index (χ4v) is 5.76.